The van der Waals surface area contributed by atoms with Crippen molar-refractivity contribution < 1.29 is 29.2 Å². The van der Waals surface area contributed by atoms with Gasteiger partial charge in [0.1, 0.15) is 0 Å². The summed E-state index contributed by atoms with van der Waals surface area (Å²) < 4.78 is 0. The number of hydrogen-bond acceptors (Lipinski definition) is 8. The Morgan fingerprint density at radius 1 is 0.796 bits per heavy atom. The molecule has 0 radical (unpaired) electrons. The molecule has 11 heteroatoms. The number of carbonyl (C=O) groups is 4. The number of Topliss-reactive ketones (excluding diaryl/α,β-unsaturated/α-hetero) is 2. The highest BCUT2D eigenvalue weighted by Crippen LogP contribution is 2.35. The van der Waals surface area contributed by atoms with Crippen LogP contribution in [0.15, 0.2) is 60.7 Å². The first kappa shape index (κ1) is 40.1. The monoisotopic (exact) mass is 676 g/mol. The molecule has 4 atom stereocenters. The average Bonchev–Trinajstić information content (AvgIpc) is 3.08. The van der Waals surface area contributed by atoms with E-state index in [0.29, 0.717) is 51.5 Å². The number of rotatable bonds is 21. The van der Waals surface area contributed by atoms with Crippen LogP contribution in [0.25, 0.3) is 0 Å². The predicted molar refractivity (Wildman–Crippen MR) is 193 cm³/mol. The lowest BCUT2D eigenvalue weighted by molar-refractivity contribution is -0.134. The molecule has 1 aliphatic rings. The fourth-order valence-corrected chi connectivity index (χ4v) is 6.79. The fourth-order valence-electron chi connectivity index (χ4n) is 6.79. The Morgan fingerprint density at radius 3 is 1.92 bits per heavy atom. The standard InChI is InChI=1S/C38H57BN4O6/c1-26(2)21-30(37(46)42-33(15-9-10-20-40)35(44)24-29-16-18-31(19-17-29)39(48)49)25-36(45)34(23-28-13-7-4-8-14-28)43-38(47)32(41)22-27-11-5-3-6-12-27/h3-8,11-14,26,29-34,48-49H,9-10,15-25,40-41H2,1-2H3,(H,42,46)(H,43,47)/t29?,30-,31?,32+,33+,34+/m0/s1. The van der Waals surface area contributed by atoms with Crippen molar-refractivity contribution in [2.45, 2.75) is 115 Å². The van der Waals surface area contributed by atoms with Crippen molar-refractivity contribution in [2.75, 3.05) is 6.54 Å². The van der Waals surface area contributed by atoms with Crippen LogP contribution in [0.5, 0.6) is 0 Å². The van der Waals surface area contributed by atoms with E-state index in [0.717, 1.165) is 30.4 Å². The first-order chi connectivity index (χ1) is 23.5. The molecule has 0 spiro atoms. The van der Waals surface area contributed by atoms with Crippen molar-refractivity contribution in [3.63, 3.8) is 0 Å². The molecule has 2 amide bonds. The van der Waals surface area contributed by atoms with Gasteiger partial charge < -0.3 is 32.1 Å². The summed E-state index contributed by atoms with van der Waals surface area (Å²) in [4.78, 5) is 54.7. The van der Waals surface area contributed by atoms with E-state index in [4.69, 9.17) is 11.5 Å². The predicted octanol–water partition coefficient (Wildman–Crippen LogP) is 3.51. The maximum absolute atomic E-state index is 14.0. The summed E-state index contributed by atoms with van der Waals surface area (Å²) >= 11 is 0. The molecule has 2 aromatic carbocycles. The van der Waals surface area contributed by atoms with Gasteiger partial charge in [0.15, 0.2) is 11.6 Å². The van der Waals surface area contributed by atoms with Gasteiger partial charge in [-0.05, 0) is 73.8 Å². The third kappa shape index (κ3) is 14.2. The molecular weight excluding hydrogens is 619 g/mol. The van der Waals surface area contributed by atoms with Gasteiger partial charge in [-0.1, -0.05) is 100 Å². The van der Waals surface area contributed by atoms with Crippen LogP contribution < -0.4 is 22.1 Å². The summed E-state index contributed by atoms with van der Waals surface area (Å²) in [7, 11) is -1.34. The number of nitrogens with one attached hydrogen (secondary N) is 2. The topological polar surface area (TPSA) is 185 Å². The normalized spacial score (nSPS) is 18.6. The highest BCUT2D eigenvalue weighted by atomic mass is 16.4. The van der Waals surface area contributed by atoms with Crippen LogP contribution in [0, 0.1) is 17.8 Å². The molecule has 1 saturated carbocycles. The molecule has 10 nitrogen and oxygen atoms in total. The third-order valence-electron chi connectivity index (χ3n) is 9.65. The number of carbonyl (C=O) groups excluding carboxylic acids is 4. The maximum Gasteiger partial charge on any atom is 0.454 e. The number of amides is 2. The van der Waals surface area contributed by atoms with Gasteiger partial charge in [-0.15, -0.1) is 0 Å². The lowest BCUT2D eigenvalue weighted by Gasteiger charge is -2.29. The van der Waals surface area contributed by atoms with Crippen molar-refractivity contribution in [2.24, 2.45) is 29.2 Å². The zero-order valence-corrected chi connectivity index (χ0v) is 29.3. The molecule has 1 fully saturated rings. The van der Waals surface area contributed by atoms with E-state index in [-0.39, 0.29) is 48.0 Å². The smallest absolute Gasteiger partial charge is 0.427 e. The summed E-state index contributed by atoms with van der Waals surface area (Å²) in [5.74, 6) is -1.72. The number of hydrogen-bond donors (Lipinski definition) is 6. The van der Waals surface area contributed by atoms with Crippen molar-refractivity contribution in [1.82, 2.24) is 10.6 Å². The Morgan fingerprint density at radius 2 is 1.37 bits per heavy atom. The van der Waals surface area contributed by atoms with E-state index in [1.165, 1.54) is 0 Å². The van der Waals surface area contributed by atoms with Crippen LogP contribution in [0.2, 0.25) is 5.82 Å². The van der Waals surface area contributed by atoms with Gasteiger partial charge in [0.2, 0.25) is 11.8 Å². The van der Waals surface area contributed by atoms with Gasteiger partial charge in [0, 0.05) is 18.8 Å². The molecule has 268 valence electrons. The molecule has 0 heterocycles. The Hall–Kier alpha value is -3.38. The van der Waals surface area contributed by atoms with E-state index in [2.05, 4.69) is 10.6 Å². The van der Waals surface area contributed by atoms with Crippen LogP contribution in [0.1, 0.15) is 89.2 Å². The summed E-state index contributed by atoms with van der Waals surface area (Å²) in [6.45, 7) is 4.45. The zero-order valence-electron chi connectivity index (χ0n) is 29.3. The van der Waals surface area contributed by atoms with Gasteiger partial charge in [0.05, 0.1) is 18.1 Å². The first-order valence-electron chi connectivity index (χ1n) is 18.0. The van der Waals surface area contributed by atoms with Gasteiger partial charge in [-0.25, -0.2) is 0 Å². The molecule has 0 aliphatic heterocycles. The maximum atomic E-state index is 14.0. The molecule has 0 bridgehead atoms. The van der Waals surface area contributed by atoms with Crippen LogP contribution >= 0.6 is 0 Å². The highest BCUT2D eigenvalue weighted by Gasteiger charge is 2.34. The van der Waals surface area contributed by atoms with E-state index in [1.807, 2.05) is 74.5 Å². The number of benzene rings is 2. The Bertz CT molecular complexity index is 1300. The van der Waals surface area contributed by atoms with E-state index in [1.54, 1.807) is 0 Å². The van der Waals surface area contributed by atoms with Gasteiger partial charge in [-0.3, -0.25) is 19.2 Å². The van der Waals surface area contributed by atoms with Gasteiger partial charge >= 0.3 is 7.12 Å². The van der Waals surface area contributed by atoms with Crippen LogP contribution in [0.3, 0.4) is 0 Å². The molecule has 1 aliphatic carbocycles. The Kier molecular flexibility index (Phi) is 17.2. The quantitative estimate of drug-likeness (QED) is 0.0857. The summed E-state index contributed by atoms with van der Waals surface area (Å²) in [5.41, 5.74) is 13.8. The van der Waals surface area contributed by atoms with Crippen molar-refractivity contribution in [3.05, 3.63) is 71.8 Å². The number of ketones is 2. The fraction of sp³-hybridized carbons (Fsp3) is 0.579. The number of nitrogens with two attached hydrogens (primary N) is 2. The van der Waals surface area contributed by atoms with Gasteiger partial charge in [-0.2, -0.15) is 0 Å². The SMILES string of the molecule is CC(C)C[C@@H](CC(=O)[C@@H](Cc1ccccc1)NC(=O)[C@H](N)Cc1ccccc1)C(=O)N[C@H](CCCCN)C(=O)CC1CCC(B(O)O)CC1. The molecule has 8 N–H and O–H groups in total. The summed E-state index contributed by atoms with van der Waals surface area (Å²) in [6, 6.07) is 16.4. The minimum Gasteiger partial charge on any atom is -0.427 e. The Labute approximate surface area is 292 Å². The second-order valence-electron chi connectivity index (χ2n) is 14.3. The molecule has 0 aromatic heterocycles. The summed E-state index contributed by atoms with van der Waals surface area (Å²) in [5, 5.41) is 25.0. The second kappa shape index (κ2) is 21.0. The van der Waals surface area contributed by atoms with Crippen LogP contribution in [-0.2, 0) is 32.0 Å². The van der Waals surface area contributed by atoms with Crippen LogP contribution in [0.4, 0.5) is 0 Å². The average molecular weight is 677 g/mol. The highest BCUT2D eigenvalue weighted by molar-refractivity contribution is 6.43. The van der Waals surface area contributed by atoms with E-state index in [9.17, 15) is 29.2 Å². The van der Waals surface area contributed by atoms with Crippen molar-refractivity contribution >= 4 is 30.5 Å². The largest absolute Gasteiger partial charge is 0.454 e. The van der Waals surface area contributed by atoms with E-state index >= 15 is 0 Å². The van der Waals surface area contributed by atoms with Gasteiger partial charge in [0.25, 0.3) is 0 Å². The summed E-state index contributed by atoms with van der Waals surface area (Å²) in [6.07, 6.45) is 5.85. The lowest BCUT2D eigenvalue weighted by Crippen LogP contribution is -2.51. The molecule has 2 aromatic rings. The molecule has 3 rings (SSSR count). The number of unbranched alkanes of at least 4 members (excludes halogenated alkanes) is 1. The minimum atomic E-state index is -1.34. The molecule has 49 heavy (non-hydrogen) atoms. The van der Waals surface area contributed by atoms with E-state index < -0.39 is 37.1 Å². The van der Waals surface area contributed by atoms with Crippen LogP contribution in [-0.4, -0.2) is 65.2 Å². The molecular formula is C38H57BN4O6. The van der Waals surface area contributed by atoms with Crippen molar-refractivity contribution in [3.8, 4) is 0 Å². The molecule has 0 saturated heterocycles. The Balaban J connectivity index is 1.73. The van der Waals surface area contributed by atoms with Crippen molar-refractivity contribution in [1.29, 1.82) is 0 Å². The zero-order chi connectivity index (χ0) is 35.8. The third-order valence-corrected chi connectivity index (χ3v) is 9.65. The second-order valence-corrected chi connectivity index (χ2v) is 14.3. The minimum absolute atomic E-state index is 0.0467. The molecule has 0 unspecified atom stereocenters. The lowest BCUT2D eigenvalue weighted by atomic mass is 9.63. The first-order valence-corrected chi connectivity index (χ1v) is 18.0.